The predicted molar refractivity (Wildman–Crippen MR) is 110 cm³/mol. The van der Waals surface area contributed by atoms with Crippen LogP contribution in [0.3, 0.4) is 0 Å². The third-order valence-electron chi connectivity index (χ3n) is 4.39. The largest absolute Gasteiger partial charge is 0.346 e. The van der Waals surface area contributed by atoms with Gasteiger partial charge in [0.05, 0.1) is 24.1 Å². The van der Waals surface area contributed by atoms with Gasteiger partial charge in [0.15, 0.2) is 5.69 Å². The van der Waals surface area contributed by atoms with Gasteiger partial charge < -0.3 is 5.32 Å². The number of para-hydroxylation sites is 1. The fraction of sp³-hybridized carbons (Fsp3) is 0.143. The molecule has 0 atom stereocenters. The summed E-state index contributed by atoms with van der Waals surface area (Å²) in [6.07, 6.45) is 1.47. The zero-order chi connectivity index (χ0) is 19.5. The highest BCUT2D eigenvalue weighted by atomic mass is 32.1. The lowest BCUT2D eigenvalue weighted by Crippen LogP contribution is -2.23. The molecule has 28 heavy (non-hydrogen) atoms. The lowest BCUT2D eigenvalue weighted by molar-refractivity contribution is 0.0946. The van der Waals surface area contributed by atoms with Gasteiger partial charge in [-0.1, -0.05) is 42.5 Å². The number of carbonyl (C=O) groups is 1. The lowest BCUT2D eigenvalue weighted by Gasteiger charge is -2.02. The number of hydrogen-bond donors (Lipinski definition) is 1. The van der Waals surface area contributed by atoms with Crippen LogP contribution in [-0.2, 0) is 6.54 Å². The molecule has 140 valence electrons. The highest BCUT2D eigenvalue weighted by Gasteiger charge is 2.15. The van der Waals surface area contributed by atoms with Crippen LogP contribution in [0.2, 0.25) is 0 Å². The zero-order valence-electron chi connectivity index (χ0n) is 15.6. The Morgan fingerprint density at radius 1 is 1.07 bits per heavy atom. The van der Waals surface area contributed by atoms with Gasteiger partial charge in [0, 0.05) is 10.4 Å². The van der Waals surface area contributed by atoms with E-state index in [0.717, 1.165) is 26.8 Å². The van der Waals surface area contributed by atoms with E-state index in [0.29, 0.717) is 6.54 Å². The topological polar surface area (TPSA) is 72.7 Å². The second-order valence-electron chi connectivity index (χ2n) is 6.38. The Labute approximate surface area is 166 Å². The van der Waals surface area contributed by atoms with Crippen molar-refractivity contribution in [2.75, 3.05) is 0 Å². The van der Waals surface area contributed by atoms with Crippen LogP contribution >= 0.6 is 11.3 Å². The number of rotatable bonds is 5. The third kappa shape index (κ3) is 3.70. The molecule has 1 N–H and O–H groups in total. The molecule has 0 aliphatic heterocycles. The van der Waals surface area contributed by atoms with Gasteiger partial charge in [0.1, 0.15) is 5.01 Å². The Hall–Kier alpha value is -3.32. The highest BCUT2D eigenvalue weighted by Crippen LogP contribution is 2.30. The van der Waals surface area contributed by atoms with Gasteiger partial charge in [-0.2, -0.15) is 9.90 Å². The Kier molecular flexibility index (Phi) is 4.99. The molecule has 0 fully saturated rings. The van der Waals surface area contributed by atoms with E-state index >= 15 is 0 Å². The van der Waals surface area contributed by atoms with E-state index in [4.69, 9.17) is 0 Å². The lowest BCUT2D eigenvalue weighted by atomic mass is 10.1. The van der Waals surface area contributed by atoms with Crippen LogP contribution in [0.4, 0.5) is 0 Å². The molecular weight excluding hydrogens is 370 g/mol. The van der Waals surface area contributed by atoms with Crippen LogP contribution in [0.25, 0.3) is 16.3 Å². The van der Waals surface area contributed by atoms with Gasteiger partial charge in [-0.15, -0.1) is 16.4 Å². The summed E-state index contributed by atoms with van der Waals surface area (Å²) in [6, 6.07) is 17.7. The standard InChI is InChI=1S/C21H19N5OS/c1-14-8-6-7-11-17(14)21-24-15(2)19(28-21)13-22-20(27)18-12-23-26(25-18)16-9-4-3-5-10-16/h3-12H,13H2,1-2H3,(H,22,27). The molecule has 7 heteroatoms. The number of nitrogens with zero attached hydrogens (tertiary/aromatic N) is 4. The van der Waals surface area contributed by atoms with Crippen molar-refractivity contribution in [3.05, 3.63) is 82.6 Å². The average molecular weight is 389 g/mol. The molecule has 0 aliphatic rings. The molecular formula is C21H19N5OS. The normalized spacial score (nSPS) is 10.8. The predicted octanol–water partition coefficient (Wildman–Crippen LogP) is 3.94. The smallest absolute Gasteiger partial charge is 0.273 e. The van der Waals surface area contributed by atoms with Crippen molar-refractivity contribution in [1.82, 2.24) is 25.3 Å². The van der Waals surface area contributed by atoms with Crippen LogP contribution in [0.15, 0.2) is 60.8 Å². The van der Waals surface area contributed by atoms with Crippen molar-refractivity contribution in [2.45, 2.75) is 20.4 Å². The van der Waals surface area contributed by atoms with E-state index in [2.05, 4.69) is 39.6 Å². The number of amides is 1. The van der Waals surface area contributed by atoms with Gasteiger partial charge in [-0.25, -0.2) is 4.98 Å². The minimum atomic E-state index is -0.257. The van der Waals surface area contributed by atoms with Crippen molar-refractivity contribution in [3.8, 4) is 16.3 Å². The van der Waals surface area contributed by atoms with Gasteiger partial charge in [-0.3, -0.25) is 4.79 Å². The Morgan fingerprint density at radius 2 is 1.82 bits per heavy atom. The maximum atomic E-state index is 12.5. The molecule has 0 aliphatic carbocycles. The first-order chi connectivity index (χ1) is 13.6. The van der Waals surface area contributed by atoms with Crippen LogP contribution < -0.4 is 5.32 Å². The molecule has 0 radical (unpaired) electrons. The fourth-order valence-electron chi connectivity index (χ4n) is 2.82. The molecule has 0 saturated heterocycles. The Balaban J connectivity index is 1.46. The van der Waals surface area contributed by atoms with Crippen LogP contribution in [0.1, 0.15) is 26.6 Å². The summed E-state index contributed by atoms with van der Waals surface area (Å²) >= 11 is 1.60. The number of hydrogen-bond acceptors (Lipinski definition) is 5. The van der Waals surface area contributed by atoms with E-state index in [1.807, 2.05) is 49.4 Å². The maximum absolute atomic E-state index is 12.5. The van der Waals surface area contributed by atoms with Crippen molar-refractivity contribution >= 4 is 17.2 Å². The minimum absolute atomic E-state index is 0.257. The van der Waals surface area contributed by atoms with Crippen LogP contribution in [0, 0.1) is 13.8 Å². The fourth-order valence-corrected chi connectivity index (χ4v) is 3.92. The van der Waals surface area contributed by atoms with Gasteiger partial charge in [0.2, 0.25) is 0 Å². The first-order valence-electron chi connectivity index (χ1n) is 8.90. The second kappa shape index (κ2) is 7.74. The number of carbonyl (C=O) groups excluding carboxylic acids is 1. The molecule has 4 rings (SSSR count). The Bertz CT molecular complexity index is 1120. The molecule has 0 saturated carbocycles. The molecule has 0 bridgehead atoms. The summed E-state index contributed by atoms with van der Waals surface area (Å²) in [7, 11) is 0. The summed E-state index contributed by atoms with van der Waals surface area (Å²) in [5.41, 5.74) is 4.33. The van der Waals surface area contributed by atoms with E-state index in [1.165, 1.54) is 16.6 Å². The molecule has 2 heterocycles. The number of benzene rings is 2. The molecule has 2 aromatic carbocycles. The number of aryl methyl sites for hydroxylation is 2. The first-order valence-corrected chi connectivity index (χ1v) is 9.72. The van der Waals surface area contributed by atoms with Gasteiger partial charge in [0.25, 0.3) is 5.91 Å². The summed E-state index contributed by atoms with van der Waals surface area (Å²) < 4.78 is 0. The molecule has 6 nitrogen and oxygen atoms in total. The second-order valence-corrected chi connectivity index (χ2v) is 7.46. The van der Waals surface area contributed by atoms with Crippen LogP contribution in [0.5, 0.6) is 0 Å². The summed E-state index contributed by atoms with van der Waals surface area (Å²) in [4.78, 5) is 19.6. The van der Waals surface area contributed by atoms with Crippen molar-refractivity contribution in [3.63, 3.8) is 0 Å². The Morgan fingerprint density at radius 3 is 2.61 bits per heavy atom. The van der Waals surface area contributed by atoms with Crippen molar-refractivity contribution in [2.24, 2.45) is 0 Å². The number of thiazole rings is 1. The quantitative estimate of drug-likeness (QED) is 0.561. The monoisotopic (exact) mass is 389 g/mol. The summed E-state index contributed by atoms with van der Waals surface area (Å²) in [5.74, 6) is -0.257. The van der Waals surface area contributed by atoms with E-state index < -0.39 is 0 Å². The van der Waals surface area contributed by atoms with E-state index in [9.17, 15) is 4.79 Å². The van der Waals surface area contributed by atoms with E-state index in [1.54, 1.807) is 11.3 Å². The molecule has 4 aromatic rings. The highest BCUT2D eigenvalue weighted by molar-refractivity contribution is 7.15. The minimum Gasteiger partial charge on any atom is -0.346 e. The van der Waals surface area contributed by atoms with Crippen LogP contribution in [-0.4, -0.2) is 25.9 Å². The van der Waals surface area contributed by atoms with Crippen molar-refractivity contribution in [1.29, 1.82) is 0 Å². The SMILES string of the molecule is Cc1ccccc1-c1nc(C)c(CNC(=O)c2cnn(-c3ccccc3)n2)s1. The average Bonchev–Trinajstić information content (AvgIpc) is 3.34. The summed E-state index contributed by atoms with van der Waals surface area (Å²) in [5, 5.41) is 12.3. The van der Waals surface area contributed by atoms with Gasteiger partial charge >= 0.3 is 0 Å². The first kappa shape index (κ1) is 18.1. The maximum Gasteiger partial charge on any atom is 0.273 e. The zero-order valence-corrected chi connectivity index (χ0v) is 16.4. The van der Waals surface area contributed by atoms with Crippen molar-refractivity contribution < 1.29 is 4.79 Å². The third-order valence-corrected chi connectivity index (χ3v) is 5.58. The summed E-state index contributed by atoms with van der Waals surface area (Å²) in [6.45, 7) is 4.45. The molecule has 0 spiro atoms. The van der Waals surface area contributed by atoms with Gasteiger partial charge in [-0.05, 0) is 31.5 Å². The molecule has 2 aromatic heterocycles. The molecule has 0 unspecified atom stereocenters. The molecule has 1 amide bonds. The van der Waals surface area contributed by atoms with E-state index in [-0.39, 0.29) is 11.6 Å². The number of nitrogens with one attached hydrogen (secondary N) is 1. The number of aromatic nitrogens is 4.